The van der Waals surface area contributed by atoms with Gasteiger partial charge in [0, 0.05) is 6.61 Å². The Labute approximate surface area is 194 Å². The van der Waals surface area contributed by atoms with Crippen LogP contribution in [0.5, 0.6) is 0 Å². The Balaban J connectivity index is 1.55. The first-order valence-corrected chi connectivity index (χ1v) is 13.4. The van der Waals surface area contributed by atoms with E-state index in [2.05, 4.69) is 27.7 Å². The Morgan fingerprint density at radius 2 is 1.53 bits per heavy atom. The molecule has 5 heteroatoms. The molecule has 5 N–H and O–H groups in total. The minimum Gasteiger partial charge on any atom is -0.396 e. The van der Waals surface area contributed by atoms with Crippen LogP contribution < -0.4 is 0 Å². The number of rotatable bonds is 6. The summed E-state index contributed by atoms with van der Waals surface area (Å²) in [6.45, 7) is 9.16. The van der Waals surface area contributed by atoms with E-state index < -0.39 is 18.3 Å². The van der Waals surface area contributed by atoms with Gasteiger partial charge in [0.15, 0.2) is 0 Å². The van der Waals surface area contributed by atoms with Crippen LogP contribution in [0.4, 0.5) is 0 Å². The van der Waals surface area contributed by atoms with Crippen molar-refractivity contribution in [3.05, 3.63) is 0 Å². The molecule has 4 aliphatic rings. The van der Waals surface area contributed by atoms with Crippen LogP contribution in [-0.4, -0.2) is 56.6 Å². The monoisotopic (exact) mass is 452 g/mol. The van der Waals surface area contributed by atoms with Crippen molar-refractivity contribution in [1.82, 2.24) is 0 Å². The number of fused-ring (bicyclic) bond motifs is 5. The molecule has 0 aromatic rings. The smallest absolute Gasteiger partial charge is 0.0838 e. The second kappa shape index (κ2) is 9.11. The van der Waals surface area contributed by atoms with Crippen LogP contribution in [0.2, 0.25) is 0 Å². The molecular weight excluding hydrogens is 404 g/mol. The van der Waals surface area contributed by atoms with Gasteiger partial charge in [-0.3, -0.25) is 0 Å². The molecule has 0 saturated heterocycles. The highest BCUT2D eigenvalue weighted by Gasteiger charge is 2.67. The van der Waals surface area contributed by atoms with Gasteiger partial charge in [-0.25, -0.2) is 0 Å². The molecule has 0 heterocycles. The van der Waals surface area contributed by atoms with E-state index in [-0.39, 0.29) is 47.2 Å². The summed E-state index contributed by atoms with van der Waals surface area (Å²) in [5.41, 5.74) is -0.100. The average Bonchev–Trinajstić information content (AvgIpc) is 2.94. The molecule has 4 fully saturated rings. The summed E-state index contributed by atoms with van der Waals surface area (Å²) in [6.07, 6.45) is 6.14. The largest absolute Gasteiger partial charge is 0.396 e. The van der Waals surface area contributed by atoms with Crippen LogP contribution in [0, 0.1) is 52.3 Å². The fourth-order valence-corrected chi connectivity index (χ4v) is 9.45. The second-order valence-electron chi connectivity index (χ2n) is 12.9. The second-order valence-corrected chi connectivity index (χ2v) is 12.9. The van der Waals surface area contributed by atoms with Gasteiger partial charge >= 0.3 is 0 Å². The topological polar surface area (TPSA) is 101 Å². The number of aliphatic hydroxyl groups excluding tert-OH is 5. The first kappa shape index (κ1) is 24.9. The highest BCUT2D eigenvalue weighted by Crippen LogP contribution is 2.68. The summed E-state index contributed by atoms with van der Waals surface area (Å²) in [4.78, 5) is 0. The Morgan fingerprint density at radius 1 is 0.844 bits per heavy atom. The van der Waals surface area contributed by atoms with Crippen molar-refractivity contribution in [1.29, 1.82) is 0 Å². The molecule has 0 aromatic carbocycles. The van der Waals surface area contributed by atoms with E-state index in [9.17, 15) is 25.5 Å². The zero-order valence-electron chi connectivity index (χ0n) is 20.7. The predicted molar refractivity (Wildman–Crippen MR) is 125 cm³/mol. The fourth-order valence-electron chi connectivity index (χ4n) is 9.45. The molecule has 5 nitrogen and oxygen atoms in total. The minimum absolute atomic E-state index is 0.0116. The van der Waals surface area contributed by atoms with Gasteiger partial charge in [-0.1, -0.05) is 40.5 Å². The number of hydrogen-bond donors (Lipinski definition) is 5. The lowest BCUT2D eigenvalue weighted by Crippen LogP contribution is -2.59. The van der Waals surface area contributed by atoms with Gasteiger partial charge in [0.25, 0.3) is 0 Å². The van der Waals surface area contributed by atoms with E-state index in [1.54, 1.807) is 0 Å². The third-order valence-electron chi connectivity index (χ3n) is 11.1. The Bertz CT molecular complexity index is 656. The highest BCUT2D eigenvalue weighted by molar-refractivity contribution is 5.15. The molecule has 0 aromatic heterocycles. The van der Waals surface area contributed by atoms with Crippen LogP contribution in [0.3, 0.4) is 0 Å². The quantitative estimate of drug-likeness (QED) is 0.425. The maximum Gasteiger partial charge on any atom is 0.0838 e. The molecule has 0 radical (unpaired) electrons. The van der Waals surface area contributed by atoms with Crippen molar-refractivity contribution in [3.8, 4) is 0 Å². The summed E-state index contributed by atoms with van der Waals surface area (Å²) in [5, 5.41) is 53.4. The van der Waals surface area contributed by atoms with Crippen LogP contribution in [0.15, 0.2) is 0 Å². The molecule has 0 amide bonds. The molecule has 32 heavy (non-hydrogen) atoms. The summed E-state index contributed by atoms with van der Waals surface area (Å²) in [6, 6.07) is 0. The summed E-state index contributed by atoms with van der Waals surface area (Å²) in [7, 11) is 0. The van der Waals surface area contributed by atoms with Crippen molar-refractivity contribution in [2.24, 2.45) is 52.3 Å². The minimum atomic E-state index is -0.724. The molecule has 0 bridgehead atoms. The zero-order chi connectivity index (χ0) is 23.4. The first-order valence-electron chi connectivity index (χ1n) is 13.4. The van der Waals surface area contributed by atoms with E-state index >= 15 is 0 Å². The standard InChI is InChI=1S/C27H48O5/c1-15(14-28)6-5-7-16(2)22-24(31)25(32)23-18-13-21(30)20-12-17(29)8-10-26(20,3)19(18)9-11-27(22,23)4/h15-25,28-32H,5-14H2,1-4H3/t15-,16-,17-,18?,19?,20+,21-,22+,23?,24-,25-,26-,27-/m1/s1. The SMILES string of the molecule is C[C@@H](CO)CCC[C@@H](C)[C@H]1[C@@H](O)[C@H](O)C2C3C[C@@H](O)[C@@H]4C[C@H](O)CC[C@]4(C)C3CC[C@@]21C. The first-order chi connectivity index (χ1) is 15.0. The van der Waals surface area contributed by atoms with Gasteiger partial charge in [-0.15, -0.1) is 0 Å². The van der Waals surface area contributed by atoms with E-state index in [0.29, 0.717) is 30.6 Å². The molecule has 13 atom stereocenters. The molecule has 4 saturated carbocycles. The molecule has 4 aliphatic carbocycles. The number of hydrogen-bond acceptors (Lipinski definition) is 5. The molecule has 4 rings (SSSR count). The summed E-state index contributed by atoms with van der Waals surface area (Å²) < 4.78 is 0. The lowest BCUT2D eigenvalue weighted by atomic mass is 9.43. The van der Waals surface area contributed by atoms with Gasteiger partial charge in [0.2, 0.25) is 0 Å². The third kappa shape index (κ3) is 3.88. The van der Waals surface area contributed by atoms with Crippen molar-refractivity contribution >= 4 is 0 Å². The van der Waals surface area contributed by atoms with Crippen molar-refractivity contribution in [2.75, 3.05) is 6.61 Å². The summed E-state index contributed by atoms with van der Waals surface area (Å²) in [5.74, 6) is 1.55. The van der Waals surface area contributed by atoms with Crippen LogP contribution >= 0.6 is 0 Å². The lowest BCUT2D eigenvalue weighted by molar-refractivity contribution is -0.181. The van der Waals surface area contributed by atoms with Gasteiger partial charge in [0.05, 0.1) is 24.4 Å². The fraction of sp³-hybridized carbons (Fsp3) is 1.00. The van der Waals surface area contributed by atoms with Crippen molar-refractivity contribution in [3.63, 3.8) is 0 Å². The van der Waals surface area contributed by atoms with E-state index in [4.69, 9.17) is 0 Å². The normalized spacial score (nSPS) is 52.6. The van der Waals surface area contributed by atoms with Gasteiger partial charge < -0.3 is 25.5 Å². The van der Waals surface area contributed by atoms with Crippen LogP contribution in [0.25, 0.3) is 0 Å². The zero-order valence-corrected chi connectivity index (χ0v) is 20.7. The van der Waals surface area contributed by atoms with Crippen molar-refractivity contribution < 1.29 is 25.5 Å². The highest BCUT2D eigenvalue weighted by atomic mass is 16.3. The molecule has 186 valence electrons. The van der Waals surface area contributed by atoms with Crippen LogP contribution in [0.1, 0.15) is 85.5 Å². The predicted octanol–water partition coefficient (Wildman–Crippen LogP) is 3.35. The van der Waals surface area contributed by atoms with Gasteiger partial charge in [-0.2, -0.15) is 0 Å². The van der Waals surface area contributed by atoms with E-state index in [1.807, 2.05) is 0 Å². The average molecular weight is 453 g/mol. The molecule has 0 spiro atoms. The lowest BCUT2D eigenvalue weighted by Gasteiger charge is -2.62. The summed E-state index contributed by atoms with van der Waals surface area (Å²) >= 11 is 0. The Hall–Kier alpha value is -0.200. The molecular formula is C27H48O5. The Kier molecular flexibility index (Phi) is 7.09. The Morgan fingerprint density at radius 3 is 2.22 bits per heavy atom. The maximum absolute atomic E-state index is 11.4. The van der Waals surface area contributed by atoms with Gasteiger partial charge in [-0.05, 0) is 97.2 Å². The van der Waals surface area contributed by atoms with E-state index in [1.165, 1.54) is 0 Å². The third-order valence-corrected chi connectivity index (χ3v) is 11.1. The molecule has 3 unspecified atom stereocenters. The number of aliphatic hydroxyl groups is 5. The van der Waals surface area contributed by atoms with Crippen molar-refractivity contribution in [2.45, 2.75) is 110 Å². The van der Waals surface area contributed by atoms with Gasteiger partial charge in [0.1, 0.15) is 0 Å². The van der Waals surface area contributed by atoms with E-state index in [0.717, 1.165) is 44.9 Å². The maximum atomic E-state index is 11.4. The molecule has 0 aliphatic heterocycles. The van der Waals surface area contributed by atoms with Crippen LogP contribution in [-0.2, 0) is 0 Å².